The van der Waals surface area contributed by atoms with Gasteiger partial charge in [-0.2, -0.15) is 5.10 Å². The first-order valence-corrected chi connectivity index (χ1v) is 7.03. The Morgan fingerprint density at radius 3 is 2.90 bits per heavy atom. The fourth-order valence-corrected chi connectivity index (χ4v) is 1.99. The Morgan fingerprint density at radius 1 is 1.43 bits per heavy atom. The van der Waals surface area contributed by atoms with Gasteiger partial charge in [-0.1, -0.05) is 6.92 Å². The van der Waals surface area contributed by atoms with Gasteiger partial charge in [0.25, 0.3) is 0 Å². The van der Waals surface area contributed by atoms with Crippen molar-refractivity contribution in [3.8, 4) is 5.75 Å². The number of halogens is 1. The highest BCUT2D eigenvalue weighted by atomic mass is 19.1. The van der Waals surface area contributed by atoms with E-state index in [0.29, 0.717) is 24.5 Å². The van der Waals surface area contributed by atoms with Gasteiger partial charge in [-0.3, -0.25) is 4.68 Å². The smallest absolute Gasteiger partial charge is 0.167 e. The molecule has 0 fully saturated rings. The third kappa shape index (κ3) is 4.11. The highest BCUT2D eigenvalue weighted by Crippen LogP contribution is 2.28. The zero-order valence-corrected chi connectivity index (χ0v) is 12.4. The Bertz CT molecular complexity index is 597. The Hall–Kier alpha value is -2.24. The molecule has 1 aromatic heterocycles. The lowest BCUT2D eigenvalue weighted by Gasteiger charge is -2.12. The average molecular weight is 292 g/mol. The molecule has 0 spiro atoms. The lowest BCUT2D eigenvalue weighted by atomic mass is 10.2. The van der Waals surface area contributed by atoms with Crippen LogP contribution in [0.2, 0.25) is 0 Å². The van der Waals surface area contributed by atoms with Crippen molar-refractivity contribution >= 4 is 11.4 Å². The van der Waals surface area contributed by atoms with Gasteiger partial charge in [-0.05, 0) is 18.4 Å². The summed E-state index contributed by atoms with van der Waals surface area (Å²) in [6.45, 7) is 3.15. The highest BCUT2D eigenvalue weighted by Gasteiger charge is 2.09. The molecule has 0 aliphatic rings. The van der Waals surface area contributed by atoms with Gasteiger partial charge in [0.05, 0.1) is 24.2 Å². The van der Waals surface area contributed by atoms with Crippen molar-refractivity contribution in [1.82, 2.24) is 9.78 Å². The average Bonchev–Trinajstić information content (AvgIpc) is 2.85. The molecule has 0 saturated carbocycles. The van der Waals surface area contributed by atoms with Gasteiger partial charge in [-0.25, -0.2) is 4.39 Å². The maximum absolute atomic E-state index is 13.7. The summed E-state index contributed by atoms with van der Waals surface area (Å²) in [5, 5.41) is 7.32. The third-order valence-corrected chi connectivity index (χ3v) is 3.05. The first-order chi connectivity index (χ1) is 10.1. The van der Waals surface area contributed by atoms with Gasteiger partial charge in [-0.15, -0.1) is 0 Å². The molecule has 114 valence electrons. The topological polar surface area (TPSA) is 65.1 Å². The largest absolute Gasteiger partial charge is 0.490 e. The summed E-state index contributed by atoms with van der Waals surface area (Å²) in [5.74, 6) is -0.200. The van der Waals surface area contributed by atoms with Gasteiger partial charge in [0.15, 0.2) is 11.6 Å². The molecule has 0 bridgehead atoms. The SMILES string of the molecule is CCCOc1cc(NCCc2cnn(C)c2)c(N)cc1F. The normalized spacial score (nSPS) is 10.6. The minimum absolute atomic E-state index is 0.231. The molecule has 3 N–H and O–H groups in total. The number of nitrogen functional groups attached to an aromatic ring is 1. The van der Waals surface area contributed by atoms with Gasteiger partial charge in [0.2, 0.25) is 0 Å². The number of hydrogen-bond acceptors (Lipinski definition) is 4. The number of aryl methyl sites for hydroxylation is 1. The van der Waals surface area contributed by atoms with Crippen molar-refractivity contribution in [2.45, 2.75) is 19.8 Å². The molecular formula is C15H21FN4O. The molecular weight excluding hydrogens is 271 g/mol. The van der Waals surface area contributed by atoms with E-state index in [0.717, 1.165) is 18.4 Å². The van der Waals surface area contributed by atoms with E-state index in [2.05, 4.69) is 10.4 Å². The minimum atomic E-state index is -0.432. The number of rotatable bonds is 7. The molecule has 0 aliphatic heterocycles. The van der Waals surface area contributed by atoms with Crippen molar-refractivity contribution in [3.05, 3.63) is 35.9 Å². The van der Waals surface area contributed by atoms with Crippen LogP contribution < -0.4 is 15.8 Å². The highest BCUT2D eigenvalue weighted by molar-refractivity contribution is 5.68. The Morgan fingerprint density at radius 2 is 2.24 bits per heavy atom. The van der Waals surface area contributed by atoms with E-state index in [-0.39, 0.29) is 5.75 Å². The van der Waals surface area contributed by atoms with Crippen LogP contribution in [-0.4, -0.2) is 22.9 Å². The minimum Gasteiger partial charge on any atom is -0.490 e. The Kier molecular flexibility index (Phi) is 5.03. The summed E-state index contributed by atoms with van der Waals surface area (Å²) in [4.78, 5) is 0. The van der Waals surface area contributed by atoms with Crippen molar-refractivity contribution in [3.63, 3.8) is 0 Å². The van der Waals surface area contributed by atoms with Crippen molar-refractivity contribution in [2.24, 2.45) is 7.05 Å². The molecule has 2 rings (SSSR count). The number of nitrogens with zero attached hydrogens (tertiary/aromatic N) is 2. The van der Waals surface area contributed by atoms with E-state index >= 15 is 0 Å². The van der Waals surface area contributed by atoms with Gasteiger partial charge < -0.3 is 15.8 Å². The van der Waals surface area contributed by atoms with Gasteiger partial charge in [0.1, 0.15) is 0 Å². The van der Waals surface area contributed by atoms with Crippen LogP contribution in [-0.2, 0) is 13.5 Å². The lowest BCUT2D eigenvalue weighted by Crippen LogP contribution is -2.08. The van der Waals surface area contributed by atoms with Crippen molar-refractivity contribution < 1.29 is 9.13 Å². The molecule has 0 radical (unpaired) electrons. The Balaban J connectivity index is 1.98. The summed E-state index contributed by atoms with van der Waals surface area (Å²) in [6.07, 6.45) is 5.43. The maximum atomic E-state index is 13.7. The van der Waals surface area contributed by atoms with E-state index in [1.54, 1.807) is 10.7 Å². The number of nitrogens with one attached hydrogen (secondary N) is 1. The maximum Gasteiger partial charge on any atom is 0.167 e. The van der Waals surface area contributed by atoms with Crippen LogP contribution in [0.25, 0.3) is 0 Å². The predicted octanol–water partition coefficient (Wildman–Crippen LogP) is 2.58. The molecule has 1 aromatic carbocycles. The summed E-state index contributed by atoms with van der Waals surface area (Å²) in [5.41, 5.74) is 8.02. The molecule has 21 heavy (non-hydrogen) atoms. The second-order valence-electron chi connectivity index (χ2n) is 4.92. The zero-order chi connectivity index (χ0) is 15.2. The van der Waals surface area contributed by atoms with Crippen molar-refractivity contribution in [2.75, 3.05) is 24.2 Å². The van der Waals surface area contributed by atoms with Gasteiger partial charge in [0, 0.05) is 31.9 Å². The monoisotopic (exact) mass is 292 g/mol. The number of aromatic nitrogens is 2. The third-order valence-electron chi connectivity index (χ3n) is 3.05. The second-order valence-corrected chi connectivity index (χ2v) is 4.92. The number of anilines is 2. The molecule has 2 aromatic rings. The molecule has 0 saturated heterocycles. The van der Waals surface area contributed by atoms with Crippen LogP contribution >= 0.6 is 0 Å². The van der Waals surface area contributed by atoms with Crippen LogP contribution in [0, 0.1) is 5.82 Å². The molecule has 0 atom stereocenters. The first kappa shape index (κ1) is 15.2. The number of nitrogens with two attached hydrogens (primary N) is 1. The van der Waals surface area contributed by atoms with E-state index in [1.165, 1.54) is 6.07 Å². The van der Waals surface area contributed by atoms with E-state index in [9.17, 15) is 4.39 Å². The Labute approximate surface area is 123 Å². The molecule has 0 unspecified atom stereocenters. The van der Waals surface area contributed by atoms with Gasteiger partial charge >= 0.3 is 0 Å². The fraction of sp³-hybridized carbons (Fsp3) is 0.400. The molecule has 6 heteroatoms. The summed E-state index contributed by atoms with van der Waals surface area (Å²) < 4.78 is 20.8. The molecule has 5 nitrogen and oxygen atoms in total. The van der Waals surface area contributed by atoms with Crippen LogP contribution in [0.1, 0.15) is 18.9 Å². The molecule has 0 aliphatic carbocycles. The second kappa shape index (κ2) is 6.97. The summed E-state index contributed by atoms with van der Waals surface area (Å²) in [6, 6.07) is 2.90. The van der Waals surface area contributed by atoms with Crippen LogP contribution in [0.4, 0.5) is 15.8 Å². The lowest BCUT2D eigenvalue weighted by molar-refractivity contribution is 0.301. The fourth-order valence-electron chi connectivity index (χ4n) is 1.99. The van der Waals surface area contributed by atoms with Crippen LogP contribution in [0.15, 0.2) is 24.5 Å². The van der Waals surface area contributed by atoms with E-state index in [1.807, 2.05) is 26.4 Å². The standard InChI is InChI=1S/C15H21FN4O/c1-3-6-21-15-8-14(13(17)7-12(15)16)18-5-4-11-9-19-20(2)10-11/h7-10,18H,3-6,17H2,1-2H3. The molecule has 1 heterocycles. The zero-order valence-electron chi connectivity index (χ0n) is 12.4. The summed E-state index contributed by atoms with van der Waals surface area (Å²) in [7, 11) is 1.88. The van der Waals surface area contributed by atoms with Crippen molar-refractivity contribution in [1.29, 1.82) is 0 Å². The van der Waals surface area contributed by atoms with E-state index in [4.69, 9.17) is 10.5 Å². The van der Waals surface area contributed by atoms with E-state index < -0.39 is 5.82 Å². The number of ether oxygens (including phenoxy) is 1. The predicted molar refractivity (Wildman–Crippen MR) is 82.0 cm³/mol. The first-order valence-electron chi connectivity index (χ1n) is 7.03. The molecule has 0 amide bonds. The number of hydrogen-bond donors (Lipinski definition) is 2. The van der Waals surface area contributed by atoms with Crippen LogP contribution in [0.5, 0.6) is 5.75 Å². The quantitative estimate of drug-likeness (QED) is 0.770. The van der Waals surface area contributed by atoms with Crippen LogP contribution in [0.3, 0.4) is 0 Å². The summed E-state index contributed by atoms with van der Waals surface area (Å²) >= 11 is 0. The number of benzene rings is 1.